The van der Waals surface area contributed by atoms with Crippen molar-refractivity contribution in [2.24, 2.45) is 0 Å². The fourth-order valence-electron chi connectivity index (χ4n) is 2.53. The molecule has 122 valence electrons. The average molecular weight is 332 g/mol. The molecule has 2 aromatic rings. The van der Waals surface area contributed by atoms with E-state index in [4.69, 9.17) is 4.74 Å². The van der Waals surface area contributed by atoms with E-state index < -0.39 is 12.2 Å². The van der Waals surface area contributed by atoms with Crippen molar-refractivity contribution in [2.75, 3.05) is 12.4 Å². The highest BCUT2D eigenvalue weighted by atomic mass is 32.2. The highest BCUT2D eigenvalue weighted by Gasteiger charge is 2.34. The molecule has 3 atom stereocenters. The monoisotopic (exact) mass is 332 g/mol. The second-order valence-corrected chi connectivity index (χ2v) is 6.54. The first-order valence-corrected chi connectivity index (χ1v) is 8.67. The Morgan fingerprint density at radius 1 is 1.09 bits per heavy atom. The SMILES string of the molecule is OC1COC(CSc2nccnc2CCc2ccccc2)C1O. The Kier molecular flexibility index (Phi) is 5.61. The summed E-state index contributed by atoms with van der Waals surface area (Å²) >= 11 is 1.52. The summed E-state index contributed by atoms with van der Waals surface area (Å²) < 4.78 is 5.40. The van der Waals surface area contributed by atoms with Crippen molar-refractivity contribution in [3.8, 4) is 0 Å². The number of rotatable bonds is 6. The van der Waals surface area contributed by atoms with Crippen LogP contribution in [0.1, 0.15) is 11.3 Å². The first kappa shape index (κ1) is 16.4. The van der Waals surface area contributed by atoms with Crippen LogP contribution in [0.2, 0.25) is 0 Å². The van der Waals surface area contributed by atoms with Crippen LogP contribution >= 0.6 is 11.8 Å². The van der Waals surface area contributed by atoms with Crippen LogP contribution in [-0.4, -0.2) is 50.9 Å². The lowest BCUT2D eigenvalue weighted by molar-refractivity contribution is 0.0337. The number of nitrogens with zero attached hydrogens (tertiary/aromatic N) is 2. The van der Waals surface area contributed by atoms with Crippen molar-refractivity contribution in [1.82, 2.24) is 9.97 Å². The van der Waals surface area contributed by atoms with Gasteiger partial charge in [-0.2, -0.15) is 0 Å². The minimum Gasteiger partial charge on any atom is -0.388 e. The standard InChI is InChI=1S/C17H20N2O3S/c20-14-10-22-15(16(14)21)11-23-17-13(18-8-9-19-17)7-6-12-4-2-1-3-5-12/h1-5,8-9,14-16,20-21H,6-7,10-11H2. The summed E-state index contributed by atoms with van der Waals surface area (Å²) in [6.45, 7) is 0.188. The Morgan fingerprint density at radius 3 is 2.61 bits per heavy atom. The molecule has 3 rings (SSSR count). The van der Waals surface area contributed by atoms with Crippen LogP contribution in [0.15, 0.2) is 47.8 Å². The van der Waals surface area contributed by atoms with Gasteiger partial charge in [-0.05, 0) is 18.4 Å². The van der Waals surface area contributed by atoms with Gasteiger partial charge in [0.25, 0.3) is 0 Å². The zero-order valence-corrected chi connectivity index (χ0v) is 13.5. The predicted octanol–water partition coefficient (Wildman–Crippen LogP) is 1.47. The molecule has 2 N–H and O–H groups in total. The molecule has 5 nitrogen and oxygen atoms in total. The summed E-state index contributed by atoms with van der Waals surface area (Å²) in [6, 6.07) is 10.3. The van der Waals surface area contributed by atoms with Crippen LogP contribution in [0.25, 0.3) is 0 Å². The predicted molar refractivity (Wildman–Crippen MR) is 88.4 cm³/mol. The van der Waals surface area contributed by atoms with Gasteiger partial charge in [0.2, 0.25) is 0 Å². The molecule has 1 aliphatic rings. The lowest BCUT2D eigenvalue weighted by Gasteiger charge is -2.14. The molecule has 0 saturated carbocycles. The summed E-state index contributed by atoms with van der Waals surface area (Å²) in [4.78, 5) is 8.83. The van der Waals surface area contributed by atoms with E-state index in [1.54, 1.807) is 12.4 Å². The highest BCUT2D eigenvalue weighted by Crippen LogP contribution is 2.25. The lowest BCUT2D eigenvalue weighted by Crippen LogP contribution is -2.31. The number of hydrogen-bond acceptors (Lipinski definition) is 6. The largest absolute Gasteiger partial charge is 0.388 e. The molecule has 0 amide bonds. The Balaban J connectivity index is 1.59. The number of aliphatic hydroxyl groups is 2. The summed E-state index contributed by atoms with van der Waals surface area (Å²) in [6.07, 6.45) is 3.13. The van der Waals surface area contributed by atoms with Crippen LogP contribution in [0.4, 0.5) is 0 Å². The molecule has 1 aromatic heterocycles. The highest BCUT2D eigenvalue weighted by molar-refractivity contribution is 7.99. The van der Waals surface area contributed by atoms with E-state index in [1.165, 1.54) is 17.3 Å². The van der Waals surface area contributed by atoms with E-state index in [2.05, 4.69) is 22.1 Å². The molecule has 0 spiro atoms. The van der Waals surface area contributed by atoms with E-state index in [-0.39, 0.29) is 12.7 Å². The fraction of sp³-hybridized carbons (Fsp3) is 0.412. The molecule has 0 radical (unpaired) electrons. The molecule has 1 aliphatic heterocycles. The first-order valence-electron chi connectivity index (χ1n) is 7.68. The zero-order valence-electron chi connectivity index (χ0n) is 12.7. The zero-order chi connectivity index (χ0) is 16.1. The number of thioether (sulfide) groups is 1. The smallest absolute Gasteiger partial charge is 0.118 e. The molecular formula is C17H20N2O3S. The summed E-state index contributed by atoms with van der Waals surface area (Å²) in [5, 5.41) is 20.2. The maximum Gasteiger partial charge on any atom is 0.118 e. The topological polar surface area (TPSA) is 75.5 Å². The summed E-state index contributed by atoms with van der Waals surface area (Å²) in [5.41, 5.74) is 2.22. The minimum absolute atomic E-state index is 0.188. The Labute approximate surface area is 139 Å². The first-order chi connectivity index (χ1) is 11.2. The van der Waals surface area contributed by atoms with E-state index in [9.17, 15) is 10.2 Å². The van der Waals surface area contributed by atoms with Gasteiger partial charge in [0.15, 0.2) is 0 Å². The molecule has 23 heavy (non-hydrogen) atoms. The van der Waals surface area contributed by atoms with Gasteiger partial charge < -0.3 is 14.9 Å². The van der Waals surface area contributed by atoms with Crippen molar-refractivity contribution >= 4 is 11.8 Å². The third-order valence-corrected chi connectivity index (χ3v) is 4.98. The van der Waals surface area contributed by atoms with Crippen LogP contribution in [0, 0.1) is 0 Å². The maximum absolute atomic E-state index is 9.83. The minimum atomic E-state index is -0.827. The number of aryl methyl sites for hydroxylation is 2. The summed E-state index contributed by atoms with van der Waals surface area (Å²) in [7, 11) is 0. The molecule has 0 bridgehead atoms. The van der Waals surface area contributed by atoms with Crippen molar-refractivity contribution in [1.29, 1.82) is 0 Å². The van der Waals surface area contributed by atoms with E-state index >= 15 is 0 Å². The van der Waals surface area contributed by atoms with Gasteiger partial charge >= 0.3 is 0 Å². The van der Waals surface area contributed by atoms with Crippen molar-refractivity contribution < 1.29 is 14.9 Å². The van der Waals surface area contributed by atoms with Crippen LogP contribution in [-0.2, 0) is 17.6 Å². The quantitative estimate of drug-likeness (QED) is 0.781. The number of hydrogen-bond donors (Lipinski definition) is 2. The molecule has 6 heteroatoms. The molecular weight excluding hydrogens is 312 g/mol. The molecule has 1 saturated heterocycles. The second kappa shape index (κ2) is 7.88. The third kappa shape index (κ3) is 4.29. The Bertz CT molecular complexity index is 626. The Hall–Kier alpha value is -1.47. The van der Waals surface area contributed by atoms with E-state index in [0.717, 1.165) is 23.6 Å². The molecule has 1 aromatic carbocycles. The number of aliphatic hydroxyl groups excluding tert-OH is 2. The van der Waals surface area contributed by atoms with Crippen LogP contribution < -0.4 is 0 Å². The number of aromatic nitrogens is 2. The van der Waals surface area contributed by atoms with Gasteiger partial charge in [-0.25, -0.2) is 4.98 Å². The lowest BCUT2D eigenvalue weighted by atomic mass is 10.1. The average Bonchev–Trinajstić information content (AvgIpc) is 2.91. The summed E-state index contributed by atoms with van der Waals surface area (Å²) in [5.74, 6) is 0.551. The fourth-order valence-corrected chi connectivity index (χ4v) is 3.60. The van der Waals surface area contributed by atoms with E-state index in [0.29, 0.717) is 5.75 Å². The van der Waals surface area contributed by atoms with Gasteiger partial charge in [-0.3, -0.25) is 4.98 Å². The van der Waals surface area contributed by atoms with Crippen molar-refractivity contribution in [2.45, 2.75) is 36.2 Å². The maximum atomic E-state index is 9.83. The molecule has 1 fully saturated rings. The van der Waals surface area contributed by atoms with Gasteiger partial charge in [0.05, 0.1) is 18.4 Å². The van der Waals surface area contributed by atoms with Crippen LogP contribution in [0.5, 0.6) is 0 Å². The number of ether oxygens (including phenoxy) is 1. The molecule has 2 heterocycles. The normalized spacial score (nSPS) is 24.0. The van der Waals surface area contributed by atoms with Crippen molar-refractivity contribution in [3.05, 3.63) is 54.0 Å². The second-order valence-electron chi connectivity index (χ2n) is 5.53. The van der Waals surface area contributed by atoms with Gasteiger partial charge in [0.1, 0.15) is 17.2 Å². The van der Waals surface area contributed by atoms with Crippen molar-refractivity contribution in [3.63, 3.8) is 0 Å². The molecule has 0 aliphatic carbocycles. The van der Waals surface area contributed by atoms with Gasteiger partial charge in [0, 0.05) is 18.1 Å². The third-order valence-electron chi connectivity index (χ3n) is 3.87. The van der Waals surface area contributed by atoms with Gasteiger partial charge in [-0.1, -0.05) is 30.3 Å². The Morgan fingerprint density at radius 2 is 1.87 bits per heavy atom. The molecule has 3 unspecified atom stereocenters. The number of benzene rings is 1. The van der Waals surface area contributed by atoms with E-state index in [1.807, 2.05) is 18.2 Å². The van der Waals surface area contributed by atoms with Crippen LogP contribution in [0.3, 0.4) is 0 Å². The van der Waals surface area contributed by atoms with Gasteiger partial charge in [-0.15, -0.1) is 11.8 Å².